The Kier molecular flexibility index (Phi) is 3.03. The summed E-state index contributed by atoms with van der Waals surface area (Å²) in [6, 6.07) is 14.2. The lowest BCUT2D eigenvalue weighted by Crippen LogP contribution is -2.19. The van der Waals surface area contributed by atoms with Crippen molar-refractivity contribution in [1.82, 2.24) is 0 Å². The second-order valence-electron chi connectivity index (χ2n) is 5.26. The molecule has 1 N–H and O–H groups in total. The van der Waals surface area contributed by atoms with Crippen molar-refractivity contribution >= 4 is 0 Å². The Balaban J connectivity index is 1.97. The van der Waals surface area contributed by atoms with Crippen LogP contribution in [0.15, 0.2) is 42.5 Å². The third-order valence-corrected chi connectivity index (χ3v) is 3.77. The van der Waals surface area contributed by atoms with Gasteiger partial charge < -0.3 is 9.84 Å². The molecule has 0 bridgehead atoms. The Hall–Kier alpha value is -1.80. The van der Waals surface area contributed by atoms with E-state index in [4.69, 9.17) is 4.74 Å². The number of rotatable bonds is 1. The smallest absolute Gasteiger partial charge is 0.127 e. The third-order valence-electron chi connectivity index (χ3n) is 3.77. The van der Waals surface area contributed by atoms with E-state index >= 15 is 0 Å². The van der Waals surface area contributed by atoms with Gasteiger partial charge in [0.25, 0.3) is 0 Å². The fourth-order valence-corrected chi connectivity index (χ4v) is 2.71. The predicted octanol–water partition coefficient (Wildman–Crippen LogP) is 3.86. The molecule has 1 aliphatic heterocycles. The number of aryl methyl sites for hydroxylation is 2. The number of aliphatic hydroxyl groups excluding tert-OH is 1. The number of hydrogen-bond donors (Lipinski definition) is 1. The van der Waals surface area contributed by atoms with Gasteiger partial charge in [0.1, 0.15) is 11.9 Å². The highest BCUT2D eigenvalue weighted by Crippen LogP contribution is 2.41. The van der Waals surface area contributed by atoms with Crippen molar-refractivity contribution in [2.45, 2.75) is 32.5 Å². The van der Waals surface area contributed by atoms with Crippen LogP contribution in [0.25, 0.3) is 0 Å². The van der Waals surface area contributed by atoms with Gasteiger partial charge in [-0.05, 0) is 37.1 Å². The van der Waals surface area contributed by atoms with Crippen LogP contribution in [0.4, 0.5) is 0 Å². The predicted molar refractivity (Wildman–Crippen MR) is 75.3 cm³/mol. The second-order valence-corrected chi connectivity index (χ2v) is 5.26. The summed E-state index contributed by atoms with van der Waals surface area (Å²) in [6.45, 7) is 4.11. The van der Waals surface area contributed by atoms with Crippen LogP contribution >= 0.6 is 0 Å². The maximum absolute atomic E-state index is 10.3. The van der Waals surface area contributed by atoms with Crippen molar-refractivity contribution in [2.24, 2.45) is 0 Å². The zero-order valence-electron chi connectivity index (χ0n) is 11.3. The van der Waals surface area contributed by atoms with Gasteiger partial charge in [-0.3, -0.25) is 0 Å². The maximum Gasteiger partial charge on any atom is 0.127 e. The topological polar surface area (TPSA) is 29.5 Å². The number of aliphatic hydroxyl groups is 1. The fraction of sp³-hybridized carbons (Fsp3) is 0.294. The summed E-state index contributed by atoms with van der Waals surface area (Å²) in [5, 5.41) is 10.3. The van der Waals surface area contributed by atoms with E-state index in [0.29, 0.717) is 6.42 Å². The van der Waals surface area contributed by atoms with Crippen molar-refractivity contribution in [3.63, 3.8) is 0 Å². The third kappa shape index (κ3) is 2.24. The highest BCUT2D eigenvalue weighted by atomic mass is 16.5. The maximum atomic E-state index is 10.3. The van der Waals surface area contributed by atoms with Crippen molar-refractivity contribution in [2.75, 3.05) is 0 Å². The lowest BCUT2D eigenvalue weighted by Gasteiger charge is -2.31. The molecule has 2 aromatic rings. The van der Waals surface area contributed by atoms with E-state index in [1.54, 1.807) is 0 Å². The molecule has 2 unspecified atom stereocenters. The number of hydrogen-bond acceptors (Lipinski definition) is 2. The lowest BCUT2D eigenvalue weighted by molar-refractivity contribution is 0.0654. The summed E-state index contributed by atoms with van der Waals surface area (Å²) in [6.07, 6.45) is 0.0982. The number of fused-ring (bicyclic) bond motifs is 1. The van der Waals surface area contributed by atoms with Gasteiger partial charge in [-0.1, -0.05) is 35.9 Å². The van der Waals surface area contributed by atoms with Crippen molar-refractivity contribution < 1.29 is 9.84 Å². The average Bonchev–Trinajstić information content (AvgIpc) is 2.40. The molecule has 0 aliphatic carbocycles. The number of ether oxygens (including phenoxy) is 1. The van der Waals surface area contributed by atoms with Crippen LogP contribution in [0.1, 0.15) is 40.9 Å². The standard InChI is InChI=1S/C17H18O2/c1-11-7-8-16-14(9-11)15(18)10-17(19-16)13-6-4-3-5-12(13)2/h3-9,15,17-18H,10H2,1-2H3. The van der Waals surface area contributed by atoms with E-state index in [1.165, 1.54) is 5.56 Å². The highest BCUT2D eigenvalue weighted by Gasteiger charge is 2.28. The molecule has 0 saturated carbocycles. The van der Waals surface area contributed by atoms with E-state index in [0.717, 1.165) is 22.4 Å². The molecule has 0 amide bonds. The molecule has 2 atom stereocenters. The van der Waals surface area contributed by atoms with Crippen molar-refractivity contribution in [3.05, 3.63) is 64.7 Å². The second kappa shape index (κ2) is 4.71. The minimum absolute atomic E-state index is 0.0635. The van der Waals surface area contributed by atoms with E-state index in [9.17, 15) is 5.11 Å². The molecule has 2 nitrogen and oxygen atoms in total. The first-order valence-electron chi connectivity index (χ1n) is 6.66. The van der Waals surface area contributed by atoms with Crippen molar-refractivity contribution in [3.8, 4) is 5.75 Å². The van der Waals surface area contributed by atoms with Crippen LogP contribution in [-0.4, -0.2) is 5.11 Å². The molecular weight excluding hydrogens is 236 g/mol. The molecule has 19 heavy (non-hydrogen) atoms. The first kappa shape index (κ1) is 12.2. The molecule has 0 saturated heterocycles. The summed E-state index contributed by atoms with van der Waals surface area (Å²) in [5.74, 6) is 0.803. The van der Waals surface area contributed by atoms with Crippen molar-refractivity contribution in [1.29, 1.82) is 0 Å². The first-order valence-corrected chi connectivity index (χ1v) is 6.66. The van der Waals surface area contributed by atoms with E-state index in [2.05, 4.69) is 19.1 Å². The Labute approximate surface area is 113 Å². The Morgan fingerprint density at radius 1 is 1.05 bits per heavy atom. The highest BCUT2D eigenvalue weighted by molar-refractivity contribution is 5.41. The molecule has 2 aromatic carbocycles. The van der Waals surface area contributed by atoms with Gasteiger partial charge in [0, 0.05) is 12.0 Å². The largest absolute Gasteiger partial charge is 0.485 e. The van der Waals surface area contributed by atoms with Gasteiger partial charge in [-0.2, -0.15) is 0 Å². The molecule has 2 heteroatoms. The SMILES string of the molecule is Cc1ccc2c(c1)C(O)CC(c1ccccc1C)O2. The Morgan fingerprint density at radius 2 is 1.84 bits per heavy atom. The average molecular weight is 254 g/mol. The van der Waals surface area contributed by atoms with Crippen LogP contribution in [-0.2, 0) is 0 Å². The van der Waals surface area contributed by atoms with E-state index in [1.807, 2.05) is 37.3 Å². The van der Waals surface area contributed by atoms with Gasteiger partial charge >= 0.3 is 0 Å². The summed E-state index contributed by atoms with van der Waals surface area (Å²) < 4.78 is 6.06. The fourth-order valence-electron chi connectivity index (χ4n) is 2.71. The molecular formula is C17H18O2. The zero-order chi connectivity index (χ0) is 13.4. The quantitative estimate of drug-likeness (QED) is 0.837. The van der Waals surface area contributed by atoms with Crippen LogP contribution in [0, 0.1) is 13.8 Å². The van der Waals surface area contributed by atoms with E-state index in [-0.39, 0.29) is 6.10 Å². The molecule has 3 rings (SSSR count). The first-order chi connectivity index (χ1) is 9.15. The molecule has 0 radical (unpaired) electrons. The molecule has 98 valence electrons. The monoisotopic (exact) mass is 254 g/mol. The van der Waals surface area contributed by atoms with Crippen LogP contribution in [0.5, 0.6) is 5.75 Å². The molecule has 0 spiro atoms. The minimum Gasteiger partial charge on any atom is -0.485 e. The van der Waals surface area contributed by atoms with Gasteiger partial charge in [0.05, 0.1) is 6.10 Å². The number of benzene rings is 2. The van der Waals surface area contributed by atoms with Gasteiger partial charge in [0.2, 0.25) is 0 Å². The Bertz CT molecular complexity index is 604. The Morgan fingerprint density at radius 3 is 2.63 bits per heavy atom. The van der Waals surface area contributed by atoms with Gasteiger partial charge in [-0.25, -0.2) is 0 Å². The molecule has 1 aliphatic rings. The molecule has 0 fully saturated rings. The van der Waals surface area contributed by atoms with Gasteiger partial charge in [-0.15, -0.1) is 0 Å². The summed E-state index contributed by atoms with van der Waals surface area (Å²) in [4.78, 5) is 0. The normalized spacial score (nSPS) is 21.6. The summed E-state index contributed by atoms with van der Waals surface area (Å²) in [7, 11) is 0. The summed E-state index contributed by atoms with van der Waals surface area (Å²) in [5.41, 5.74) is 4.42. The van der Waals surface area contributed by atoms with E-state index < -0.39 is 6.10 Å². The summed E-state index contributed by atoms with van der Waals surface area (Å²) >= 11 is 0. The minimum atomic E-state index is -0.451. The van der Waals surface area contributed by atoms with Crippen LogP contribution < -0.4 is 4.74 Å². The van der Waals surface area contributed by atoms with Gasteiger partial charge in [0.15, 0.2) is 0 Å². The zero-order valence-corrected chi connectivity index (χ0v) is 11.3. The molecule has 1 heterocycles. The van der Waals surface area contributed by atoms with Crippen LogP contribution in [0.3, 0.4) is 0 Å². The lowest BCUT2D eigenvalue weighted by atomic mass is 9.92. The molecule has 0 aromatic heterocycles. The van der Waals surface area contributed by atoms with Crippen LogP contribution in [0.2, 0.25) is 0 Å².